The van der Waals surface area contributed by atoms with Gasteiger partial charge in [-0.3, -0.25) is 4.79 Å². The van der Waals surface area contributed by atoms with Crippen LogP contribution in [0.25, 0.3) is 0 Å². The van der Waals surface area contributed by atoms with Gasteiger partial charge in [0.25, 0.3) is 5.91 Å². The van der Waals surface area contributed by atoms with E-state index in [1.54, 1.807) is 7.11 Å². The molecule has 0 atom stereocenters. The molecular formula is C15H24N2O2. The average molecular weight is 264 g/mol. The molecule has 0 saturated carbocycles. The predicted molar refractivity (Wildman–Crippen MR) is 78.0 cm³/mol. The Hall–Kier alpha value is -1.55. The molecule has 0 aliphatic rings. The van der Waals surface area contributed by atoms with Gasteiger partial charge in [-0.15, -0.1) is 0 Å². The van der Waals surface area contributed by atoms with E-state index < -0.39 is 0 Å². The fraction of sp³-hybridized carbons (Fsp3) is 0.533. The first-order valence-electron chi connectivity index (χ1n) is 6.54. The highest BCUT2D eigenvalue weighted by molar-refractivity contribution is 5.96. The Balaban J connectivity index is 2.65. The van der Waals surface area contributed by atoms with Gasteiger partial charge in [0.1, 0.15) is 5.75 Å². The van der Waals surface area contributed by atoms with Crippen molar-refractivity contribution in [1.82, 2.24) is 10.2 Å². The van der Waals surface area contributed by atoms with Gasteiger partial charge in [-0.2, -0.15) is 0 Å². The van der Waals surface area contributed by atoms with Crippen LogP contribution in [0, 0.1) is 13.8 Å². The van der Waals surface area contributed by atoms with Gasteiger partial charge in [-0.1, -0.05) is 0 Å². The molecule has 0 aliphatic heterocycles. The fourth-order valence-electron chi connectivity index (χ4n) is 1.96. The van der Waals surface area contributed by atoms with Crippen LogP contribution in [0.1, 0.15) is 27.9 Å². The molecule has 0 unspecified atom stereocenters. The van der Waals surface area contributed by atoms with E-state index >= 15 is 0 Å². The number of rotatable bonds is 6. The lowest BCUT2D eigenvalue weighted by atomic mass is 10.0. The Labute approximate surface area is 115 Å². The summed E-state index contributed by atoms with van der Waals surface area (Å²) in [5.74, 6) is 0.809. The van der Waals surface area contributed by atoms with Gasteiger partial charge in [0.05, 0.1) is 7.11 Å². The van der Waals surface area contributed by atoms with Crippen LogP contribution in [-0.2, 0) is 0 Å². The van der Waals surface area contributed by atoms with Crippen molar-refractivity contribution >= 4 is 5.91 Å². The van der Waals surface area contributed by atoms with E-state index in [2.05, 4.69) is 10.2 Å². The molecule has 0 bridgehead atoms. The van der Waals surface area contributed by atoms with Gasteiger partial charge in [-0.25, -0.2) is 0 Å². The minimum absolute atomic E-state index is 0.0120. The number of carbonyl (C=O) groups is 1. The maximum Gasteiger partial charge on any atom is 0.251 e. The van der Waals surface area contributed by atoms with E-state index in [1.807, 2.05) is 40.1 Å². The molecule has 1 rings (SSSR count). The number of hydrogen-bond acceptors (Lipinski definition) is 3. The van der Waals surface area contributed by atoms with E-state index in [-0.39, 0.29) is 5.91 Å². The number of amides is 1. The second-order valence-corrected chi connectivity index (χ2v) is 4.98. The molecular weight excluding hydrogens is 240 g/mol. The van der Waals surface area contributed by atoms with Gasteiger partial charge < -0.3 is 15.0 Å². The maximum absolute atomic E-state index is 12.1. The van der Waals surface area contributed by atoms with Gasteiger partial charge in [-0.05, 0) is 64.2 Å². The third-order valence-electron chi connectivity index (χ3n) is 3.27. The highest BCUT2D eigenvalue weighted by atomic mass is 16.5. The minimum Gasteiger partial charge on any atom is -0.496 e. The molecule has 1 N–H and O–H groups in total. The minimum atomic E-state index is -0.0120. The molecule has 1 aromatic rings. The van der Waals surface area contributed by atoms with Crippen molar-refractivity contribution in [3.63, 3.8) is 0 Å². The molecule has 0 saturated heterocycles. The lowest BCUT2D eigenvalue weighted by Crippen LogP contribution is -2.27. The van der Waals surface area contributed by atoms with E-state index in [0.717, 1.165) is 35.4 Å². The molecule has 4 heteroatoms. The van der Waals surface area contributed by atoms with Crippen molar-refractivity contribution < 1.29 is 9.53 Å². The van der Waals surface area contributed by atoms with Crippen LogP contribution in [0.3, 0.4) is 0 Å². The van der Waals surface area contributed by atoms with Gasteiger partial charge in [0.2, 0.25) is 0 Å². The first-order valence-corrected chi connectivity index (χ1v) is 6.54. The molecule has 0 fully saturated rings. The zero-order chi connectivity index (χ0) is 14.4. The second kappa shape index (κ2) is 7.14. The summed E-state index contributed by atoms with van der Waals surface area (Å²) in [7, 11) is 5.69. The normalized spacial score (nSPS) is 10.6. The molecule has 4 nitrogen and oxygen atoms in total. The van der Waals surface area contributed by atoms with E-state index in [4.69, 9.17) is 4.74 Å². The zero-order valence-corrected chi connectivity index (χ0v) is 12.5. The fourth-order valence-corrected chi connectivity index (χ4v) is 1.96. The highest BCUT2D eigenvalue weighted by Crippen LogP contribution is 2.23. The van der Waals surface area contributed by atoms with Crippen LogP contribution in [0.5, 0.6) is 5.75 Å². The molecule has 106 valence electrons. The maximum atomic E-state index is 12.1. The number of methoxy groups -OCH3 is 1. The van der Waals surface area contributed by atoms with Crippen molar-refractivity contribution in [2.24, 2.45) is 0 Å². The number of carbonyl (C=O) groups excluding carboxylic acids is 1. The van der Waals surface area contributed by atoms with E-state index in [0.29, 0.717) is 6.54 Å². The Morgan fingerprint density at radius 3 is 2.53 bits per heavy atom. The number of nitrogens with one attached hydrogen (secondary N) is 1. The largest absolute Gasteiger partial charge is 0.496 e. The lowest BCUT2D eigenvalue weighted by Gasteiger charge is -2.13. The SMILES string of the molecule is COc1ccc(C(=O)NCCCN(C)C)c(C)c1C. The number of hydrogen-bond donors (Lipinski definition) is 1. The molecule has 1 aromatic carbocycles. The summed E-state index contributed by atoms with van der Waals surface area (Å²) < 4.78 is 5.25. The lowest BCUT2D eigenvalue weighted by molar-refractivity contribution is 0.0951. The number of nitrogens with zero attached hydrogens (tertiary/aromatic N) is 1. The Kier molecular flexibility index (Phi) is 5.83. The van der Waals surface area contributed by atoms with E-state index in [9.17, 15) is 4.79 Å². The average Bonchev–Trinajstić information content (AvgIpc) is 2.37. The third-order valence-corrected chi connectivity index (χ3v) is 3.27. The second-order valence-electron chi connectivity index (χ2n) is 4.98. The number of ether oxygens (including phenoxy) is 1. The van der Waals surface area contributed by atoms with Crippen molar-refractivity contribution in [1.29, 1.82) is 0 Å². The Morgan fingerprint density at radius 2 is 1.95 bits per heavy atom. The van der Waals surface area contributed by atoms with Crippen LogP contribution in [0.2, 0.25) is 0 Å². The Bertz CT molecular complexity index is 442. The summed E-state index contributed by atoms with van der Waals surface area (Å²) in [6, 6.07) is 3.67. The molecule has 0 spiro atoms. The first-order chi connectivity index (χ1) is 8.97. The molecule has 1 amide bonds. The topological polar surface area (TPSA) is 41.6 Å². The van der Waals surface area contributed by atoms with Crippen LogP contribution >= 0.6 is 0 Å². The summed E-state index contributed by atoms with van der Waals surface area (Å²) in [6.45, 7) is 5.59. The van der Waals surface area contributed by atoms with Crippen LogP contribution in [-0.4, -0.2) is 45.1 Å². The van der Waals surface area contributed by atoms with Gasteiger partial charge >= 0.3 is 0 Å². The van der Waals surface area contributed by atoms with Gasteiger partial charge in [0, 0.05) is 12.1 Å². The zero-order valence-electron chi connectivity index (χ0n) is 12.5. The van der Waals surface area contributed by atoms with Crippen molar-refractivity contribution in [3.8, 4) is 5.75 Å². The molecule has 0 aliphatic carbocycles. The van der Waals surface area contributed by atoms with Crippen molar-refractivity contribution in [2.45, 2.75) is 20.3 Å². The standard InChI is InChI=1S/C15H24N2O2/c1-11-12(2)14(19-5)8-7-13(11)15(18)16-9-6-10-17(3)4/h7-8H,6,9-10H2,1-5H3,(H,16,18). The molecule has 0 radical (unpaired) electrons. The van der Waals surface area contributed by atoms with Crippen LogP contribution in [0.4, 0.5) is 0 Å². The summed E-state index contributed by atoms with van der Waals surface area (Å²) >= 11 is 0. The summed E-state index contributed by atoms with van der Waals surface area (Å²) in [5, 5.41) is 2.95. The monoisotopic (exact) mass is 264 g/mol. The highest BCUT2D eigenvalue weighted by Gasteiger charge is 2.12. The molecule has 19 heavy (non-hydrogen) atoms. The third kappa shape index (κ3) is 4.24. The summed E-state index contributed by atoms with van der Waals surface area (Å²) in [6.07, 6.45) is 0.951. The van der Waals surface area contributed by atoms with Crippen LogP contribution < -0.4 is 10.1 Å². The van der Waals surface area contributed by atoms with E-state index in [1.165, 1.54) is 0 Å². The first kappa shape index (κ1) is 15.5. The summed E-state index contributed by atoms with van der Waals surface area (Å²) in [4.78, 5) is 14.2. The van der Waals surface area contributed by atoms with Crippen molar-refractivity contribution in [2.75, 3.05) is 34.3 Å². The van der Waals surface area contributed by atoms with Crippen LogP contribution in [0.15, 0.2) is 12.1 Å². The smallest absolute Gasteiger partial charge is 0.251 e. The Morgan fingerprint density at radius 1 is 1.26 bits per heavy atom. The van der Waals surface area contributed by atoms with Gasteiger partial charge in [0.15, 0.2) is 0 Å². The number of benzene rings is 1. The molecule has 0 heterocycles. The quantitative estimate of drug-likeness (QED) is 0.799. The summed E-state index contributed by atoms with van der Waals surface area (Å²) in [5.41, 5.74) is 2.72. The predicted octanol–water partition coefficient (Wildman–Crippen LogP) is 1.99. The molecule has 0 aromatic heterocycles. The van der Waals surface area contributed by atoms with Crippen molar-refractivity contribution in [3.05, 3.63) is 28.8 Å².